The van der Waals surface area contributed by atoms with Crippen molar-refractivity contribution in [3.63, 3.8) is 0 Å². The van der Waals surface area contributed by atoms with Crippen LogP contribution in [0, 0.1) is 0 Å². The van der Waals surface area contributed by atoms with E-state index >= 15 is 0 Å². The van der Waals surface area contributed by atoms with Gasteiger partial charge in [-0.15, -0.1) is 0 Å². The molecule has 1 aliphatic heterocycles. The van der Waals surface area contributed by atoms with Crippen molar-refractivity contribution in [3.05, 3.63) is 47.0 Å². The number of carbonyl (C=O) groups is 2. The second-order valence-corrected chi connectivity index (χ2v) is 7.42. The molecule has 0 N–H and O–H groups in total. The number of rotatable bonds is 3. The molecule has 1 heterocycles. The first-order chi connectivity index (χ1) is 11.7. The fourth-order valence-corrected chi connectivity index (χ4v) is 3.00. The van der Waals surface area contributed by atoms with Crippen molar-refractivity contribution in [1.29, 1.82) is 0 Å². The third-order valence-corrected chi connectivity index (χ3v) is 4.20. The van der Waals surface area contributed by atoms with Crippen LogP contribution in [-0.4, -0.2) is 35.7 Å². The molecule has 5 nitrogen and oxygen atoms in total. The van der Waals surface area contributed by atoms with Gasteiger partial charge in [0, 0.05) is 11.1 Å². The maximum absolute atomic E-state index is 12.8. The minimum Gasteiger partial charge on any atom is -0.466 e. The van der Waals surface area contributed by atoms with E-state index in [9.17, 15) is 9.59 Å². The number of halogens is 1. The van der Waals surface area contributed by atoms with Crippen molar-refractivity contribution in [2.24, 2.45) is 0 Å². The minimum atomic E-state index is -0.596. The zero-order valence-corrected chi connectivity index (χ0v) is 15.7. The maximum Gasteiger partial charge on any atom is 0.411 e. The van der Waals surface area contributed by atoms with E-state index in [2.05, 4.69) is 4.74 Å². The van der Waals surface area contributed by atoms with Crippen LogP contribution in [0.2, 0.25) is 5.02 Å². The van der Waals surface area contributed by atoms with Crippen molar-refractivity contribution < 1.29 is 19.1 Å². The summed E-state index contributed by atoms with van der Waals surface area (Å²) in [6.45, 7) is 5.49. The van der Waals surface area contributed by atoms with Crippen molar-refractivity contribution in [2.45, 2.75) is 51.3 Å². The van der Waals surface area contributed by atoms with Crippen LogP contribution in [0.5, 0.6) is 0 Å². The zero-order valence-electron chi connectivity index (χ0n) is 15.0. The number of likely N-dealkylation sites (tertiary alicyclic amines) is 1. The molecule has 0 unspecified atom stereocenters. The Hall–Kier alpha value is -2.01. The molecule has 1 aromatic carbocycles. The summed E-state index contributed by atoms with van der Waals surface area (Å²) in [7, 11) is 1.32. The molecule has 2 rings (SSSR count). The summed E-state index contributed by atoms with van der Waals surface area (Å²) in [6.07, 6.45) is 4.17. The lowest BCUT2D eigenvalue weighted by atomic mass is 10.0. The molecular weight excluding hydrogens is 342 g/mol. The molecule has 1 saturated heterocycles. The van der Waals surface area contributed by atoms with Crippen LogP contribution in [0.1, 0.15) is 45.2 Å². The minimum absolute atomic E-state index is 0.126. The Labute approximate surface area is 153 Å². The first-order valence-electron chi connectivity index (χ1n) is 8.24. The van der Waals surface area contributed by atoms with E-state index in [0.29, 0.717) is 5.02 Å². The van der Waals surface area contributed by atoms with E-state index in [1.165, 1.54) is 13.2 Å². The highest BCUT2D eigenvalue weighted by molar-refractivity contribution is 6.30. The average molecular weight is 366 g/mol. The molecule has 0 aromatic heterocycles. The summed E-state index contributed by atoms with van der Waals surface area (Å²) in [5, 5.41) is 0.646. The van der Waals surface area contributed by atoms with Gasteiger partial charge in [-0.25, -0.2) is 9.59 Å². The lowest BCUT2D eigenvalue weighted by molar-refractivity contribution is -0.134. The van der Waals surface area contributed by atoms with E-state index < -0.39 is 17.7 Å². The SMILES string of the molecule is COC(=O)C=C[C@H]1CC[C@@H](c2ccc(Cl)cc2)N1C(=O)OC(C)(C)C. The largest absolute Gasteiger partial charge is 0.466 e. The molecule has 1 amide bonds. The number of nitrogens with zero attached hydrogens (tertiary/aromatic N) is 1. The fourth-order valence-electron chi connectivity index (χ4n) is 2.87. The summed E-state index contributed by atoms with van der Waals surface area (Å²) < 4.78 is 10.2. The Bertz CT molecular complexity index is 648. The Morgan fingerprint density at radius 2 is 1.84 bits per heavy atom. The molecule has 0 radical (unpaired) electrons. The molecule has 1 aliphatic rings. The Kier molecular flexibility index (Phi) is 6.11. The summed E-state index contributed by atoms with van der Waals surface area (Å²) in [5.41, 5.74) is 0.394. The highest BCUT2D eigenvalue weighted by atomic mass is 35.5. The Balaban J connectivity index is 2.29. The molecule has 0 saturated carbocycles. The van der Waals surface area contributed by atoms with E-state index in [-0.39, 0.29) is 12.1 Å². The number of esters is 1. The van der Waals surface area contributed by atoms with Crippen LogP contribution in [0.4, 0.5) is 4.79 Å². The summed E-state index contributed by atoms with van der Waals surface area (Å²) in [6, 6.07) is 7.09. The predicted molar refractivity (Wildman–Crippen MR) is 96.4 cm³/mol. The topological polar surface area (TPSA) is 55.8 Å². The van der Waals surface area contributed by atoms with Crippen LogP contribution < -0.4 is 0 Å². The molecule has 2 atom stereocenters. The van der Waals surface area contributed by atoms with Gasteiger partial charge in [-0.1, -0.05) is 29.8 Å². The number of hydrogen-bond donors (Lipinski definition) is 0. The van der Waals surface area contributed by atoms with Gasteiger partial charge in [-0.3, -0.25) is 4.90 Å². The summed E-state index contributed by atoms with van der Waals surface area (Å²) in [4.78, 5) is 25.9. The number of amides is 1. The number of hydrogen-bond acceptors (Lipinski definition) is 4. The van der Waals surface area contributed by atoms with Crippen LogP contribution in [0.3, 0.4) is 0 Å². The van der Waals surface area contributed by atoms with Crippen molar-refractivity contribution in [3.8, 4) is 0 Å². The molecule has 25 heavy (non-hydrogen) atoms. The normalized spacial score (nSPS) is 20.8. The number of ether oxygens (including phenoxy) is 2. The average Bonchev–Trinajstić information content (AvgIpc) is 2.95. The standard InChI is InChI=1S/C19H24ClNO4/c1-19(2,3)25-18(23)21-15(10-12-17(22)24-4)9-11-16(21)13-5-7-14(20)8-6-13/h5-8,10,12,15-16H,9,11H2,1-4H3/t15-,16+/m1/s1. The molecule has 0 spiro atoms. The molecule has 0 aliphatic carbocycles. The molecule has 0 bridgehead atoms. The Morgan fingerprint density at radius 1 is 1.20 bits per heavy atom. The van der Waals surface area contributed by atoms with Crippen molar-refractivity contribution >= 4 is 23.7 Å². The number of methoxy groups -OCH3 is 1. The second-order valence-electron chi connectivity index (χ2n) is 6.98. The summed E-state index contributed by atoms with van der Waals surface area (Å²) in [5.74, 6) is -0.445. The molecule has 136 valence electrons. The lowest BCUT2D eigenvalue weighted by Crippen LogP contribution is -2.40. The number of carbonyl (C=O) groups excluding carboxylic acids is 2. The Morgan fingerprint density at radius 3 is 2.40 bits per heavy atom. The van der Waals surface area contributed by atoms with Gasteiger partial charge in [-0.05, 0) is 51.3 Å². The van der Waals surface area contributed by atoms with Crippen molar-refractivity contribution in [2.75, 3.05) is 7.11 Å². The monoisotopic (exact) mass is 365 g/mol. The van der Waals surface area contributed by atoms with Crippen LogP contribution in [0.15, 0.2) is 36.4 Å². The molecule has 6 heteroatoms. The predicted octanol–water partition coefficient (Wildman–Crippen LogP) is 4.51. The molecule has 1 fully saturated rings. The van der Waals surface area contributed by atoms with Gasteiger partial charge in [0.2, 0.25) is 0 Å². The maximum atomic E-state index is 12.8. The highest BCUT2D eigenvalue weighted by Gasteiger charge is 2.39. The van der Waals surface area contributed by atoms with Gasteiger partial charge in [0.05, 0.1) is 19.2 Å². The lowest BCUT2D eigenvalue weighted by Gasteiger charge is -2.32. The third kappa shape index (κ3) is 5.23. The van der Waals surface area contributed by atoms with Gasteiger partial charge < -0.3 is 9.47 Å². The first kappa shape index (κ1) is 19.3. The molecule has 1 aromatic rings. The van der Waals surface area contributed by atoms with Crippen LogP contribution >= 0.6 is 11.6 Å². The van der Waals surface area contributed by atoms with E-state index in [4.69, 9.17) is 16.3 Å². The third-order valence-electron chi connectivity index (χ3n) is 3.94. The quantitative estimate of drug-likeness (QED) is 0.584. The van der Waals surface area contributed by atoms with E-state index in [1.54, 1.807) is 11.0 Å². The highest BCUT2D eigenvalue weighted by Crippen LogP contribution is 2.38. The van der Waals surface area contributed by atoms with Gasteiger partial charge in [0.15, 0.2) is 0 Å². The van der Waals surface area contributed by atoms with Gasteiger partial charge in [-0.2, -0.15) is 0 Å². The van der Waals surface area contributed by atoms with Crippen LogP contribution in [0.25, 0.3) is 0 Å². The molecular formula is C19H24ClNO4. The van der Waals surface area contributed by atoms with E-state index in [0.717, 1.165) is 18.4 Å². The summed E-state index contributed by atoms with van der Waals surface area (Å²) >= 11 is 5.97. The second kappa shape index (κ2) is 7.91. The fraction of sp³-hybridized carbons (Fsp3) is 0.474. The smallest absolute Gasteiger partial charge is 0.411 e. The first-order valence-corrected chi connectivity index (χ1v) is 8.62. The van der Waals surface area contributed by atoms with Gasteiger partial charge in [0.1, 0.15) is 5.60 Å². The van der Waals surface area contributed by atoms with E-state index in [1.807, 2.05) is 45.0 Å². The van der Waals surface area contributed by atoms with Crippen LogP contribution in [-0.2, 0) is 14.3 Å². The number of benzene rings is 1. The van der Waals surface area contributed by atoms with Gasteiger partial charge >= 0.3 is 12.1 Å². The zero-order chi connectivity index (χ0) is 18.6. The van der Waals surface area contributed by atoms with Gasteiger partial charge in [0.25, 0.3) is 0 Å². The van der Waals surface area contributed by atoms with Crippen molar-refractivity contribution in [1.82, 2.24) is 4.90 Å².